The average Bonchev–Trinajstić information content (AvgIpc) is 2.79. The molecule has 6 heteroatoms. The van der Waals surface area contributed by atoms with E-state index in [1.807, 2.05) is 24.3 Å². The van der Waals surface area contributed by atoms with Crippen LogP contribution in [0.4, 0.5) is 0 Å². The fourth-order valence-electron chi connectivity index (χ4n) is 2.86. The number of carbonyl (C=O) groups excluding carboxylic acids is 2. The van der Waals surface area contributed by atoms with Gasteiger partial charge in [0.1, 0.15) is 17.2 Å². The summed E-state index contributed by atoms with van der Waals surface area (Å²) in [5.74, 6) is 1.31. The number of rotatable bonds is 10. The molecule has 0 aliphatic heterocycles. The second kappa shape index (κ2) is 10.8. The maximum absolute atomic E-state index is 12.5. The van der Waals surface area contributed by atoms with E-state index in [2.05, 4.69) is 12.2 Å². The number of ether oxygens (including phenoxy) is 2. The molecule has 0 saturated carbocycles. The molecule has 2 amide bonds. The maximum Gasteiger partial charge on any atom is 0.251 e. The second-order valence-electron chi connectivity index (χ2n) is 7.05. The van der Waals surface area contributed by atoms with Crippen molar-refractivity contribution in [2.75, 3.05) is 6.61 Å². The van der Waals surface area contributed by atoms with Crippen LogP contribution >= 0.6 is 0 Å². The quantitative estimate of drug-likeness (QED) is 0.468. The van der Waals surface area contributed by atoms with Crippen LogP contribution in [0.5, 0.6) is 17.2 Å². The topological polar surface area (TPSA) is 90.7 Å². The van der Waals surface area contributed by atoms with Crippen molar-refractivity contribution in [2.24, 2.45) is 5.73 Å². The number of primary amides is 1. The van der Waals surface area contributed by atoms with Gasteiger partial charge < -0.3 is 20.5 Å². The largest absolute Gasteiger partial charge is 0.494 e. The molecule has 0 saturated heterocycles. The van der Waals surface area contributed by atoms with E-state index in [4.69, 9.17) is 15.2 Å². The predicted molar refractivity (Wildman–Crippen MR) is 119 cm³/mol. The van der Waals surface area contributed by atoms with E-state index in [1.165, 1.54) is 0 Å². The molecule has 6 nitrogen and oxygen atoms in total. The van der Waals surface area contributed by atoms with Crippen LogP contribution in [0.25, 0.3) is 0 Å². The lowest BCUT2D eigenvalue weighted by Crippen LogP contribution is -2.22. The number of nitrogens with one attached hydrogen (secondary N) is 1. The lowest BCUT2D eigenvalue weighted by molar-refractivity contribution is 0.0949. The Morgan fingerprint density at radius 3 is 2.13 bits per heavy atom. The summed E-state index contributed by atoms with van der Waals surface area (Å²) in [6.07, 6.45) is 2.10. The van der Waals surface area contributed by atoms with Gasteiger partial charge in [0, 0.05) is 17.7 Å². The SMILES string of the molecule is CCCCOc1cccc(CNC(=O)c2ccc(Oc3ccc(C(N)=O)cc3)cc2)c1. The molecule has 0 spiro atoms. The van der Waals surface area contributed by atoms with Crippen molar-refractivity contribution in [1.29, 1.82) is 0 Å². The van der Waals surface area contributed by atoms with Crippen LogP contribution in [-0.4, -0.2) is 18.4 Å². The number of hydrogen-bond acceptors (Lipinski definition) is 4. The molecule has 0 bridgehead atoms. The molecule has 0 aromatic heterocycles. The summed E-state index contributed by atoms with van der Waals surface area (Å²) in [5.41, 5.74) is 7.15. The molecular weight excluding hydrogens is 392 g/mol. The Labute approximate surface area is 182 Å². The Morgan fingerprint density at radius 2 is 1.52 bits per heavy atom. The lowest BCUT2D eigenvalue weighted by Gasteiger charge is -2.10. The molecule has 3 aromatic carbocycles. The molecule has 0 aliphatic rings. The Balaban J connectivity index is 1.53. The van der Waals surface area contributed by atoms with Gasteiger partial charge in [-0.1, -0.05) is 25.5 Å². The zero-order valence-corrected chi connectivity index (χ0v) is 17.5. The minimum Gasteiger partial charge on any atom is -0.494 e. The van der Waals surface area contributed by atoms with E-state index >= 15 is 0 Å². The van der Waals surface area contributed by atoms with Gasteiger partial charge in [0.25, 0.3) is 5.91 Å². The second-order valence-corrected chi connectivity index (χ2v) is 7.05. The molecule has 3 N–H and O–H groups in total. The summed E-state index contributed by atoms with van der Waals surface area (Å²) in [7, 11) is 0. The van der Waals surface area contributed by atoms with E-state index in [0.717, 1.165) is 24.2 Å². The van der Waals surface area contributed by atoms with Crippen molar-refractivity contribution in [3.8, 4) is 17.2 Å². The van der Waals surface area contributed by atoms with E-state index in [0.29, 0.717) is 35.8 Å². The summed E-state index contributed by atoms with van der Waals surface area (Å²) in [5, 5.41) is 2.92. The lowest BCUT2D eigenvalue weighted by atomic mass is 10.1. The molecule has 3 aromatic rings. The van der Waals surface area contributed by atoms with Gasteiger partial charge in [-0.3, -0.25) is 9.59 Å². The van der Waals surface area contributed by atoms with Gasteiger partial charge in [-0.2, -0.15) is 0 Å². The number of nitrogens with two attached hydrogens (primary N) is 1. The van der Waals surface area contributed by atoms with Crippen LogP contribution in [0.3, 0.4) is 0 Å². The van der Waals surface area contributed by atoms with Crippen LogP contribution in [0.15, 0.2) is 72.8 Å². The number of unbranched alkanes of at least 4 members (excludes halogenated alkanes) is 1. The number of amides is 2. The first-order chi connectivity index (χ1) is 15.0. The first-order valence-electron chi connectivity index (χ1n) is 10.2. The Kier molecular flexibility index (Phi) is 7.65. The van der Waals surface area contributed by atoms with Gasteiger partial charge in [-0.25, -0.2) is 0 Å². The fourth-order valence-corrected chi connectivity index (χ4v) is 2.86. The van der Waals surface area contributed by atoms with Crippen molar-refractivity contribution < 1.29 is 19.1 Å². The molecule has 3 rings (SSSR count). The van der Waals surface area contributed by atoms with Crippen LogP contribution < -0.4 is 20.5 Å². The highest BCUT2D eigenvalue weighted by Crippen LogP contribution is 2.22. The first-order valence-corrected chi connectivity index (χ1v) is 10.2. The normalized spacial score (nSPS) is 10.4. The fraction of sp³-hybridized carbons (Fsp3) is 0.200. The molecule has 0 radical (unpaired) electrons. The summed E-state index contributed by atoms with van der Waals surface area (Å²) in [6.45, 7) is 3.22. The number of benzene rings is 3. The third kappa shape index (κ3) is 6.60. The zero-order chi connectivity index (χ0) is 22.1. The van der Waals surface area contributed by atoms with Crippen LogP contribution in [0.1, 0.15) is 46.0 Å². The first kappa shape index (κ1) is 21.9. The van der Waals surface area contributed by atoms with Crippen LogP contribution in [-0.2, 0) is 6.54 Å². The van der Waals surface area contributed by atoms with Gasteiger partial charge in [0.15, 0.2) is 0 Å². The van der Waals surface area contributed by atoms with Crippen LogP contribution in [0.2, 0.25) is 0 Å². The summed E-state index contributed by atoms with van der Waals surface area (Å²) in [4.78, 5) is 23.6. The molecule has 0 unspecified atom stereocenters. The molecular formula is C25H26N2O4. The Morgan fingerprint density at radius 1 is 0.871 bits per heavy atom. The van der Waals surface area contributed by atoms with Crippen molar-refractivity contribution in [2.45, 2.75) is 26.3 Å². The van der Waals surface area contributed by atoms with Crippen molar-refractivity contribution in [3.63, 3.8) is 0 Å². The van der Waals surface area contributed by atoms with Crippen molar-refractivity contribution >= 4 is 11.8 Å². The van der Waals surface area contributed by atoms with Gasteiger partial charge in [0.05, 0.1) is 6.61 Å². The highest BCUT2D eigenvalue weighted by molar-refractivity contribution is 5.94. The molecule has 0 fully saturated rings. The molecule has 0 heterocycles. The third-order valence-electron chi connectivity index (χ3n) is 4.61. The number of carbonyl (C=O) groups is 2. The minimum absolute atomic E-state index is 0.172. The Bertz CT molecular complexity index is 1010. The minimum atomic E-state index is -0.488. The Hall–Kier alpha value is -3.80. The van der Waals surface area contributed by atoms with Crippen LogP contribution in [0, 0.1) is 0 Å². The van der Waals surface area contributed by atoms with E-state index in [9.17, 15) is 9.59 Å². The monoisotopic (exact) mass is 418 g/mol. The predicted octanol–water partition coefficient (Wildman–Crippen LogP) is 4.69. The average molecular weight is 418 g/mol. The third-order valence-corrected chi connectivity index (χ3v) is 4.61. The molecule has 0 atom stereocenters. The summed E-state index contributed by atoms with van der Waals surface area (Å²) in [6, 6.07) is 21.1. The standard InChI is InChI=1S/C25H26N2O4/c1-2-3-15-30-23-6-4-5-18(16-23)17-27-25(29)20-9-13-22(14-10-20)31-21-11-7-19(8-12-21)24(26)28/h4-14,16H,2-3,15,17H2,1H3,(H2,26,28)(H,27,29). The maximum atomic E-state index is 12.5. The van der Waals surface area contributed by atoms with Gasteiger partial charge in [-0.05, 0) is 72.6 Å². The number of hydrogen-bond donors (Lipinski definition) is 2. The van der Waals surface area contributed by atoms with Crippen molar-refractivity contribution in [3.05, 3.63) is 89.5 Å². The van der Waals surface area contributed by atoms with Gasteiger partial charge in [-0.15, -0.1) is 0 Å². The van der Waals surface area contributed by atoms with E-state index < -0.39 is 5.91 Å². The van der Waals surface area contributed by atoms with E-state index in [-0.39, 0.29) is 5.91 Å². The molecule has 160 valence electrons. The highest BCUT2D eigenvalue weighted by atomic mass is 16.5. The zero-order valence-electron chi connectivity index (χ0n) is 17.5. The summed E-state index contributed by atoms with van der Waals surface area (Å²) >= 11 is 0. The summed E-state index contributed by atoms with van der Waals surface area (Å²) < 4.78 is 11.4. The highest BCUT2D eigenvalue weighted by Gasteiger charge is 2.07. The van der Waals surface area contributed by atoms with Gasteiger partial charge >= 0.3 is 0 Å². The van der Waals surface area contributed by atoms with Gasteiger partial charge in [0.2, 0.25) is 5.91 Å². The molecule has 0 aliphatic carbocycles. The van der Waals surface area contributed by atoms with Crippen molar-refractivity contribution in [1.82, 2.24) is 5.32 Å². The smallest absolute Gasteiger partial charge is 0.251 e. The van der Waals surface area contributed by atoms with E-state index in [1.54, 1.807) is 48.5 Å². The molecule has 31 heavy (non-hydrogen) atoms.